The molecule has 0 aliphatic heterocycles. The summed E-state index contributed by atoms with van der Waals surface area (Å²) in [6.45, 7) is 19.4. The zero-order chi connectivity index (χ0) is 19.3. The highest BCUT2D eigenvalue weighted by atomic mass is 28.4. The third-order valence-electron chi connectivity index (χ3n) is 4.92. The molecule has 0 bridgehead atoms. The topological polar surface area (TPSA) is 26.3 Å². The van der Waals surface area contributed by atoms with E-state index in [9.17, 15) is 4.79 Å². The van der Waals surface area contributed by atoms with E-state index in [1.807, 2.05) is 38.1 Å². The van der Waals surface area contributed by atoms with Gasteiger partial charge < -0.3 is 4.43 Å². The fraction of sp³-hybridized carbons (Fsp3) is 0.500. The number of carbonyl (C=O) groups is 1. The first kappa shape index (κ1) is 21.4. The smallest absolute Gasteiger partial charge is 0.206 e. The predicted octanol–water partition coefficient (Wildman–Crippen LogP) is 5.73. The van der Waals surface area contributed by atoms with Crippen molar-refractivity contribution < 1.29 is 9.22 Å². The minimum Gasteiger partial charge on any atom is -0.413 e. The number of benzene rings is 1. The minimum atomic E-state index is -1.82. The summed E-state index contributed by atoms with van der Waals surface area (Å²) in [5, 5.41) is 0.167. The van der Waals surface area contributed by atoms with Gasteiger partial charge in [-0.2, -0.15) is 0 Å². The van der Waals surface area contributed by atoms with Crippen molar-refractivity contribution in [2.24, 2.45) is 5.41 Å². The average Bonchev–Trinajstić information content (AvgIpc) is 2.50. The van der Waals surface area contributed by atoms with Crippen molar-refractivity contribution in [1.29, 1.82) is 0 Å². The second-order valence-corrected chi connectivity index (χ2v) is 13.6. The summed E-state index contributed by atoms with van der Waals surface area (Å²) in [6.07, 6.45) is 2.18. The molecule has 1 rings (SSSR count). The Balaban J connectivity index is 2.91. The highest BCUT2D eigenvalue weighted by Gasteiger charge is 2.37. The number of carbonyl (C=O) groups excluding carboxylic acids is 1. The molecule has 136 valence electrons. The van der Waals surface area contributed by atoms with E-state index in [1.54, 1.807) is 6.08 Å². The van der Waals surface area contributed by atoms with Gasteiger partial charge in [0, 0.05) is 12.0 Å². The SMILES string of the molecule is C=CC(C)(C)CC(=O)C#Cc1ccccc1CO[Si](C)(C)C(C)(C)C. The Morgan fingerprint density at radius 2 is 1.80 bits per heavy atom. The Hall–Kier alpha value is -1.63. The van der Waals surface area contributed by atoms with Gasteiger partial charge in [-0.1, -0.05) is 64.8 Å². The summed E-state index contributed by atoms with van der Waals surface area (Å²) >= 11 is 0. The lowest BCUT2D eigenvalue weighted by molar-refractivity contribution is -0.115. The van der Waals surface area contributed by atoms with Gasteiger partial charge >= 0.3 is 0 Å². The van der Waals surface area contributed by atoms with Crippen molar-refractivity contribution in [3.8, 4) is 11.8 Å². The molecule has 0 heterocycles. The van der Waals surface area contributed by atoms with Crippen LogP contribution < -0.4 is 0 Å². The molecule has 0 unspecified atom stereocenters. The lowest BCUT2D eigenvalue weighted by Crippen LogP contribution is -2.40. The number of ketones is 1. The van der Waals surface area contributed by atoms with Gasteiger partial charge in [-0.3, -0.25) is 4.79 Å². The molecule has 1 aromatic rings. The molecule has 0 fully saturated rings. The molecule has 0 saturated heterocycles. The molecule has 0 radical (unpaired) electrons. The van der Waals surface area contributed by atoms with Crippen molar-refractivity contribution in [3.05, 3.63) is 48.0 Å². The van der Waals surface area contributed by atoms with Crippen LogP contribution >= 0.6 is 0 Å². The molecular formula is C22H32O2Si. The normalized spacial score (nSPS) is 12.3. The van der Waals surface area contributed by atoms with E-state index in [4.69, 9.17) is 4.43 Å². The predicted molar refractivity (Wildman–Crippen MR) is 109 cm³/mol. The van der Waals surface area contributed by atoms with E-state index in [0.717, 1.165) is 11.1 Å². The number of rotatable bonds is 6. The first-order valence-corrected chi connectivity index (χ1v) is 11.7. The molecule has 0 aliphatic carbocycles. The molecule has 0 spiro atoms. The summed E-state index contributed by atoms with van der Waals surface area (Å²) < 4.78 is 6.30. The van der Waals surface area contributed by atoms with E-state index in [2.05, 4.69) is 52.3 Å². The molecule has 0 atom stereocenters. The second kappa shape index (κ2) is 8.16. The minimum absolute atomic E-state index is 0.0648. The van der Waals surface area contributed by atoms with Crippen LogP contribution in [0.2, 0.25) is 18.1 Å². The molecule has 25 heavy (non-hydrogen) atoms. The third-order valence-corrected chi connectivity index (χ3v) is 9.40. The van der Waals surface area contributed by atoms with Gasteiger partial charge in [0.2, 0.25) is 5.78 Å². The van der Waals surface area contributed by atoms with Gasteiger partial charge in [0.25, 0.3) is 0 Å². The molecule has 2 nitrogen and oxygen atoms in total. The number of hydrogen-bond acceptors (Lipinski definition) is 2. The molecule has 1 aromatic carbocycles. The van der Waals surface area contributed by atoms with E-state index in [-0.39, 0.29) is 16.2 Å². The van der Waals surface area contributed by atoms with E-state index in [0.29, 0.717) is 13.0 Å². The van der Waals surface area contributed by atoms with Gasteiger partial charge in [0.1, 0.15) is 0 Å². The highest BCUT2D eigenvalue weighted by molar-refractivity contribution is 6.74. The zero-order valence-corrected chi connectivity index (χ0v) is 17.8. The van der Waals surface area contributed by atoms with Crippen LogP contribution in [-0.4, -0.2) is 14.1 Å². The van der Waals surface area contributed by atoms with Gasteiger partial charge in [-0.25, -0.2) is 0 Å². The molecule has 0 aliphatic rings. The maximum Gasteiger partial charge on any atom is 0.206 e. The summed E-state index contributed by atoms with van der Waals surface area (Å²) in [6, 6.07) is 7.90. The number of Topliss-reactive ketones (excluding diaryl/α,β-unsaturated/α-hetero) is 1. The Morgan fingerprint density at radius 1 is 1.20 bits per heavy atom. The Bertz CT molecular complexity index is 682. The van der Waals surface area contributed by atoms with Crippen LogP contribution in [-0.2, 0) is 15.8 Å². The van der Waals surface area contributed by atoms with Crippen LogP contribution in [0.5, 0.6) is 0 Å². The molecule has 3 heteroatoms. The van der Waals surface area contributed by atoms with Crippen LogP contribution in [0.25, 0.3) is 0 Å². The first-order chi connectivity index (χ1) is 11.4. The summed E-state index contributed by atoms with van der Waals surface area (Å²) in [7, 11) is -1.82. The van der Waals surface area contributed by atoms with Crippen molar-refractivity contribution in [3.63, 3.8) is 0 Å². The van der Waals surface area contributed by atoms with Crippen LogP contribution in [0.4, 0.5) is 0 Å². The van der Waals surface area contributed by atoms with E-state index >= 15 is 0 Å². The van der Waals surface area contributed by atoms with Crippen LogP contribution in [0.3, 0.4) is 0 Å². The standard InChI is InChI=1S/C22H32O2Si/c1-9-22(5,6)16-20(23)15-14-18-12-10-11-13-19(18)17-24-25(7,8)21(2,3)4/h9-13H,1,16-17H2,2-8H3. The number of hydrogen-bond donors (Lipinski definition) is 0. The first-order valence-electron chi connectivity index (χ1n) is 8.78. The Morgan fingerprint density at radius 3 is 2.36 bits per heavy atom. The van der Waals surface area contributed by atoms with Crippen molar-refractivity contribution in [1.82, 2.24) is 0 Å². The molecule has 0 aromatic heterocycles. The largest absolute Gasteiger partial charge is 0.413 e. The van der Waals surface area contributed by atoms with Crippen molar-refractivity contribution in [2.45, 2.75) is 65.8 Å². The fourth-order valence-electron chi connectivity index (χ4n) is 1.91. The molecule has 0 N–H and O–H groups in total. The monoisotopic (exact) mass is 356 g/mol. The second-order valence-electron chi connectivity index (χ2n) is 8.75. The summed E-state index contributed by atoms with van der Waals surface area (Å²) in [4.78, 5) is 12.1. The zero-order valence-electron chi connectivity index (χ0n) is 16.8. The van der Waals surface area contributed by atoms with Crippen LogP contribution in [0, 0.1) is 17.3 Å². The summed E-state index contributed by atoms with van der Waals surface area (Å²) in [5.74, 6) is 5.75. The Kier molecular flexibility index (Phi) is 6.99. The fourth-order valence-corrected chi connectivity index (χ4v) is 2.86. The van der Waals surface area contributed by atoms with Gasteiger partial charge in [0.15, 0.2) is 8.32 Å². The lowest BCUT2D eigenvalue weighted by atomic mass is 9.88. The van der Waals surface area contributed by atoms with Crippen LogP contribution in [0.15, 0.2) is 36.9 Å². The van der Waals surface area contributed by atoms with Gasteiger partial charge in [0.05, 0.1) is 6.61 Å². The lowest BCUT2D eigenvalue weighted by Gasteiger charge is -2.36. The van der Waals surface area contributed by atoms with Crippen LogP contribution in [0.1, 0.15) is 52.2 Å². The van der Waals surface area contributed by atoms with E-state index < -0.39 is 8.32 Å². The van der Waals surface area contributed by atoms with Gasteiger partial charge in [-0.05, 0) is 41.1 Å². The Labute approximate surface area is 154 Å². The molecule has 0 saturated carbocycles. The highest BCUT2D eigenvalue weighted by Crippen LogP contribution is 2.37. The average molecular weight is 357 g/mol. The van der Waals surface area contributed by atoms with E-state index in [1.165, 1.54) is 0 Å². The van der Waals surface area contributed by atoms with Crippen molar-refractivity contribution >= 4 is 14.1 Å². The maximum atomic E-state index is 12.1. The number of allylic oxidation sites excluding steroid dienone is 1. The summed E-state index contributed by atoms with van der Waals surface area (Å²) in [5.41, 5.74) is 1.68. The quantitative estimate of drug-likeness (QED) is 0.369. The van der Waals surface area contributed by atoms with Crippen molar-refractivity contribution in [2.75, 3.05) is 0 Å². The molecular weight excluding hydrogens is 324 g/mol. The molecule has 0 amide bonds. The van der Waals surface area contributed by atoms with Gasteiger partial charge in [-0.15, -0.1) is 6.58 Å². The third kappa shape index (κ3) is 6.64. The maximum absolute atomic E-state index is 12.1.